The molecule has 3 rings (SSSR count). The van der Waals surface area contributed by atoms with Crippen LogP contribution in [-0.4, -0.2) is 26.6 Å². The van der Waals surface area contributed by atoms with Crippen molar-refractivity contribution in [2.75, 3.05) is 17.0 Å². The van der Waals surface area contributed by atoms with Gasteiger partial charge in [-0.05, 0) is 67.4 Å². The van der Waals surface area contributed by atoms with Crippen molar-refractivity contribution >= 4 is 45.0 Å². The zero-order valence-electron chi connectivity index (χ0n) is 17.9. The van der Waals surface area contributed by atoms with E-state index in [1.54, 1.807) is 61.2 Å². The lowest BCUT2D eigenvalue weighted by molar-refractivity contribution is 0.0956. The Morgan fingerprint density at radius 3 is 2.44 bits per heavy atom. The highest BCUT2D eigenvalue weighted by molar-refractivity contribution is 7.98. The van der Waals surface area contributed by atoms with Crippen molar-refractivity contribution in [3.8, 4) is 0 Å². The molecule has 2 N–H and O–H groups in total. The lowest BCUT2D eigenvalue weighted by Gasteiger charge is -2.12. The van der Waals surface area contributed by atoms with Gasteiger partial charge in [-0.2, -0.15) is 11.8 Å². The van der Waals surface area contributed by atoms with E-state index >= 15 is 0 Å². The van der Waals surface area contributed by atoms with Gasteiger partial charge in [0.2, 0.25) is 0 Å². The molecule has 0 saturated carbocycles. The Morgan fingerprint density at radius 2 is 1.75 bits per heavy atom. The van der Waals surface area contributed by atoms with Crippen LogP contribution in [0.3, 0.4) is 0 Å². The van der Waals surface area contributed by atoms with Crippen molar-refractivity contribution in [3.63, 3.8) is 0 Å². The van der Waals surface area contributed by atoms with Gasteiger partial charge in [0.1, 0.15) is 0 Å². The minimum Gasteiger partial charge on any atom is -0.351 e. The van der Waals surface area contributed by atoms with Crippen LogP contribution in [-0.2, 0) is 15.8 Å². The molecule has 32 heavy (non-hydrogen) atoms. The van der Waals surface area contributed by atoms with Gasteiger partial charge >= 0.3 is 0 Å². The Kier molecular flexibility index (Phi) is 8.23. The van der Waals surface area contributed by atoms with E-state index in [0.717, 1.165) is 27.7 Å². The molecule has 0 aliphatic rings. The van der Waals surface area contributed by atoms with Crippen LogP contribution in [0.1, 0.15) is 27.0 Å². The molecule has 3 aromatic rings. The fraction of sp³-hybridized carbons (Fsp3) is 0.208. The van der Waals surface area contributed by atoms with Gasteiger partial charge in [0.05, 0.1) is 10.6 Å². The number of halogens is 1. The molecular weight excluding hydrogens is 464 g/mol. The van der Waals surface area contributed by atoms with Crippen molar-refractivity contribution in [1.82, 2.24) is 5.32 Å². The second-order valence-corrected chi connectivity index (χ2v) is 10.6. The molecule has 0 bridgehead atoms. The molecule has 0 saturated heterocycles. The number of carbonyl (C=O) groups is 1. The van der Waals surface area contributed by atoms with Gasteiger partial charge < -0.3 is 5.32 Å². The first-order valence-electron chi connectivity index (χ1n) is 10.0. The van der Waals surface area contributed by atoms with Crippen molar-refractivity contribution in [2.24, 2.45) is 0 Å². The van der Waals surface area contributed by atoms with Crippen LogP contribution in [0.15, 0.2) is 71.6 Å². The summed E-state index contributed by atoms with van der Waals surface area (Å²) in [5, 5.41) is 3.62. The van der Waals surface area contributed by atoms with Gasteiger partial charge in [0.25, 0.3) is 15.9 Å². The Morgan fingerprint density at radius 1 is 1.00 bits per heavy atom. The first-order valence-corrected chi connectivity index (χ1v) is 13.1. The first-order chi connectivity index (χ1) is 15.2. The van der Waals surface area contributed by atoms with E-state index in [9.17, 15) is 13.2 Å². The van der Waals surface area contributed by atoms with E-state index < -0.39 is 10.0 Å². The second-order valence-electron chi connectivity index (χ2n) is 7.39. The van der Waals surface area contributed by atoms with Crippen molar-refractivity contribution < 1.29 is 13.2 Å². The molecule has 0 aliphatic carbocycles. The Bertz CT molecular complexity index is 1200. The summed E-state index contributed by atoms with van der Waals surface area (Å²) in [7, 11) is -3.69. The number of hydrogen-bond acceptors (Lipinski definition) is 4. The maximum absolute atomic E-state index is 12.6. The fourth-order valence-electron chi connectivity index (χ4n) is 3.00. The lowest BCUT2D eigenvalue weighted by Crippen LogP contribution is -2.26. The Labute approximate surface area is 198 Å². The number of anilines is 1. The molecule has 5 nitrogen and oxygen atoms in total. The van der Waals surface area contributed by atoms with E-state index in [1.165, 1.54) is 0 Å². The number of aryl methyl sites for hydroxylation is 2. The smallest absolute Gasteiger partial charge is 0.261 e. The molecule has 0 spiro atoms. The second kappa shape index (κ2) is 10.9. The molecule has 3 aromatic carbocycles. The van der Waals surface area contributed by atoms with Crippen molar-refractivity contribution in [2.45, 2.75) is 24.5 Å². The van der Waals surface area contributed by atoms with Gasteiger partial charge in [-0.3, -0.25) is 9.52 Å². The minimum absolute atomic E-state index is 0.190. The number of benzene rings is 3. The molecule has 8 heteroatoms. The maximum atomic E-state index is 12.6. The minimum atomic E-state index is -3.69. The number of nitrogens with one attached hydrogen (secondary N) is 2. The number of rotatable bonds is 9. The van der Waals surface area contributed by atoms with Crippen LogP contribution in [0.4, 0.5) is 5.69 Å². The summed E-state index contributed by atoms with van der Waals surface area (Å²) in [4.78, 5) is 12.6. The molecule has 0 aromatic heterocycles. The molecule has 0 atom stereocenters. The molecule has 0 unspecified atom stereocenters. The number of amides is 1. The topological polar surface area (TPSA) is 75.3 Å². The number of thioether (sulfide) groups is 1. The van der Waals surface area contributed by atoms with E-state index in [-0.39, 0.29) is 10.8 Å². The molecule has 0 radical (unpaired) electrons. The van der Waals surface area contributed by atoms with Crippen LogP contribution in [0.25, 0.3) is 0 Å². The highest BCUT2D eigenvalue weighted by Crippen LogP contribution is 2.21. The molecule has 0 aliphatic heterocycles. The van der Waals surface area contributed by atoms with Gasteiger partial charge in [-0.15, -0.1) is 0 Å². The number of sulfonamides is 1. The third-order valence-electron chi connectivity index (χ3n) is 4.75. The molecule has 168 valence electrons. The van der Waals surface area contributed by atoms with Gasteiger partial charge in [0, 0.05) is 28.6 Å². The average molecular weight is 489 g/mol. The average Bonchev–Trinajstić information content (AvgIpc) is 2.75. The zero-order valence-corrected chi connectivity index (χ0v) is 20.3. The third kappa shape index (κ3) is 6.76. The maximum Gasteiger partial charge on any atom is 0.261 e. The van der Waals surface area contributed by atoms with Crippen LogP contribution >= 0.6 is 23.4 Å². The zero-order chi connectivity index (χ0) is 23.1. The van der Waals surface area contributed by atoms with Crippen molar-refractivity contribution in [3.05, 3.63) is 94.0 Å². The highest BCUT2D eigenvalue weighted by Gasteiger charge is 2.16. The predicted molar refractivity (Wildman–Crippen MR) is 133 cm³/mol. The summed E-state index contributed by atoms with van der Waals surface area (Å²) in [6.07, 6.45) is 0. The standard InChI is InChI=1S/C24H25ClN2O3S2/c1-17-6-9-22(10-7-17)32(29,30)27-23-11-8-20(14-18(23)2)24(28)26-12-13-31-16-19-4-3-5-21(25)15-19/h3-11,14-15,27H,12-13,16H2,1-2H3,(H,26,28). The molecule has 0 fully saturated rings. The number of carbonyl (C=O) groups excluding carboxylic acids is 1. The summed E-state index contributed by atoms with van der Waals surface area (Å²) in [5.74, 6) is 1.40. The van der Waals surface area contributed by atoms with Gasteiger partial charge in [-0.1, -0.05) is 41.4 Å². The first kappa shape index (κ1) is 24.2. The third-order valence-corrected chi connectivity index (χ3v) is 7.40. The van der Waals surface area contributed by atoms with E-state index in [4.69, 9.17) is 11.6 Å². The quantitative estimate of drug-likeness (QED) is 0.394. The summed E-state index contributed by atoms with van der Waals surface area (Å²) in [6.45, 7) is 4.20. The predicted octanol–water partition coefficient (Wildman–Crippen LogP) is 5.42. The number of hydrogen-bond donors (Lipinski definition) is 2. The van der Waals surface area contributed by atoms with Crippen LogP contribution in [0.5, 0.6) is 0 Å². The molecule has 0 heterocycles. The fourth-order valence-corrected chi connectivity index (χ4v) is 5.15. The Hall–Kier alpha value is -2.48. The lowest BCUT2D eigenvalue weighted by atomic mass is 10.1. The van der Waals surface area contributed by atoms with E-state index in [2.05, 4.69) is 10.0 Å². The van der Waals surface area contributed by atoms with E-state index in [0.29, 0.717) is 23.4 Å². The summed E-state index contributed by atoms with van der Waals surface area (Å²) in [5.41, 5.74) is 3.73. The molecular formula is C24H25ClN2O3S2. The highest BCUT2D eigenvalue weighted by atomic mass is 35.5. The monoisotopic (exact) mass is 488 g/mol. The summed E-state index contributed by atoms with van der Waals surface area (Å²) in [6, 6.07) is 19.3. The van der Waals surface area contributed by atoms with Gasteiger partial charge in [-0.25, -0.2) is 8.42 Å². The van der Waals surface area contributed by atoms with Crippen molar-refractivity contribution in [1.29, 1.82) is 0 Å². The molecule has 1 amide bonds. The van der Waals surface area contributed by atoms with E-state index in [1.807, 2.05) is 31.2 Å². The summed E-state index contributed by atoms with van der Waals surface area (Å²) >= 11 is 7.70. The van der Waals surface area contributed by atoms with Crippen LogP contribution in [0.2, 0.25) is 5.02 Å². The van der Waals surface area contributed by atoms with Gasteiger partial charge in [0.15, 0.2) is 0 Å². The SMILES string of the molecule is Cc1ccc(S(=O)(=O)Nc2ccc(C(=O)NCCSCc3cccc(Cl)c3)cc2C)cc1. The van der Waals surface area contributed by atoms with Crippen LogP contribution < -0.4 is 10.0 Å². The summed E-state index contributed by atoms with van der Waals surface area (Å²) < 4.78 is 27.8. The van der Waals surface area contributed by atoms with Crippen LogP contribution in [0, 0.1) is 13.8 Å². The normalized spacial score (nSPS) is 11.2. The Balaban J connectivity index is 1.52. The largest absolute Gasteiger partial charge is 0.351 e.